The van der Waals surface area contributed by atoms with E-state index < -0.39 is 11.5 Å². The van der Waals surface area contributed by atoms with Gasteiger partial charge < -0.3 is 14.9 Å². The van der Waals surface area contributed by atoms with E-state index >= 15 is 0 Å². The van der Waals surface area contributed by atoms with Gasteiger partial charge in [0.25, 0.3) is 11.5 Å². The molecule has 7 heteroatoms. The molecule has 24 heavy (non-hydrogen) atoms. The number of aromatic nitrogens is 4. The number of aromatic amines is 1. The third kappa shape index (κ3) is 3.05. The second kappa shape index (κ2) is 6.66. The number of nitrogens with zero attached hydrogens (tertiary/aromatic N) is 3. The second-order valence-electron chi connectivity index (χ2n) is 5.48. The predicted octanol–water partition coefficient (Wildman–Crippen LogP) is 1.42. The van der Waals surface area contributed by atoms with Crippen molar-refractivity contribution in [3.05, 3.63) is 58.0 Å². The average molecular weight is 325 g/mol. The van der Waals surface area contributed by atoms with Crippen LogP contribution in [-0.4, -0.2) is 32.0 Å². The molecule has 2 heterocycles. The van der Waals surface area contributed by atoms with Crippen LogP contribution >= 0.6 is 0 Å². The fraction of sp³-hybridized carbons (Fsp3) is 0.294. The van der Waals surface area contributed by atoms with E-state index in [2.05, 4.69) is 31.8 Å². The third-order valence-corrected chi connectivity index (χ3v) is 3.85. The molecule has 0 fully saturated rings. The zero-order chi connectivity index (χ0) is 17.1. The van der Waals surface area contributed by atoms with Crippen molar-refractivity contribution < 1.29 is 4.79 Å². The molecule has 3 aromatic rings. The average Bonchev–Trinajstić information content (AvgIpc) is 2.92. The number of fused-ring (bicyclic) bond motifs is 1. The van der Waals surface area contributed by atoms with Gasteiger partial charge in [0.1, 0.15) is 17.2 Å². The summed E-state index contributed by atoms with van der Waals surface area (Å²) in [5.74, 6) is 0.964. The van der Waals surface area contributed by atoms with Crippen LogP contribution in [0.15, 0.2) is 35.3 Å². The van der Waals surface area contributed by atoms with Crippen molar-refractivity contribution in [1.29, 1.82) is 0 Å². The number of nitrogens with one attached hydrogen (secondary N) is 2. The lowest BCUT2D eigenvalue weighted by atomic mass is 10.3. The van der Waals surface area contributed by atoms with Gasteiger partial charge in [-0.25, -0.2) is 9.97 Å². The molecule has 0 radical (unpaired) electrons. The lowest BCUT2D eigenvalue weighted by Gasteiger charge is -2.07. The number of hydrogen-bond acceptors (Lipinski definition) is 4. The van der Waals surface area contributed by atoms with Gasteiger partial charge in [-0.15, -0.1) is 0 Å². The minimum Gasteiger partial charge on any atom is -0.351 e. The summed E-state index contributed by atoms with van der Waals surface area (Å²) in [5.41, 5.74) is 1.62. The standard InChI is InChI=1S/C17H19N5O2/c1-3-22-14-7-5-4-6-13(14)21-15(22)8-9-18-16(23)12-10-19-11(2)20-17(12)24/h4-7,10H,3,8-9H2,1-2H3,(H,18,23)(H,19,20,24). The van der Waals surface area contributed by atoms with E-state index in [4.69, 9.17) is 0 Å². The number of imidazole rings is 1. The number of hydrogen-bond donors (Lipinski definition) is 2. The van der Waals surface area contributed by atoms with E-state index in [-0.39, 0.29) is 5.56 Å². The van der Waals surface area contributed by atoms with Crippen molar-refractivity contribution in [3.63, 3.8) is 0 Å². The smallest absolute Gasteiger partial charge is 0.263 e. The Kier molecular flexibility index (Phi) is 4.41. The summed E-state index contributed by atoms with van der Waals surface area (Å²) in [6.07, 6.45) is 1.89. The summed E-state index contributed by atoms with van der Waals surface area (Å²) in [6.45, 7) is 4.94. The van der Waals surface area contributed by atoms with Crippen molar-refractivity contribution in [2.24, 2.45) is 0 Å². The quantitative estimate of drug-likeness (QED) is 0.742. The van der Waals surface area contributed by atoms with Crippen molar-refractivity contribution in [2.75, 3.05) is 6.54 Å². The zero-order valence-corrected chi connectivity index (χ0v) is 13.7. The number of carbonyl (C=O) groups excluding carboxylic acids is 1. The highest BCUT2D eigenvalue weighted by Gasteiger charge is 2.12. The van der Waals surface area contributed by atoms with Crippen LogP contribution in [0, 0.1) is 6.92 Å². The SMILES string of the molecule is CCn1c(CCNC(=O)c2cnc(C)[nH]c2=O)nc2ccccc21. The fourth-order valence-electron chi connectivity index (χ4n) is 2.70. The topological polar surface area (TPSA) is 92.7 Å². The number of carbonyl (C=O) groups is 1. The van der Waals surface area contributed by atoms with Crippen LogP contribution in [0.4, 0.5) is 0 Å². The van der Waals surface area contributed by atoms with E-state index in [0.29, 0.717) is 18.8 Å². The highest BCUT2D eigenvalue weighted by Crippen LogP contribution is 2.15. The fourth-order valence-corrected chi connectivity index (χ4v) is 2.70. The number of aryl methyl sites for hydroxylation is 2. The molecule has 124 valence electrons. The normalized spacial score (nSPS) is 10.9. The first-order valence-electron chi connectivity index (χ1n) is 7.88. The first-order valence-corrected chi connectivity index (χ1v) is 7.88. The van der Waals surface area contributed by atoms with Gasteiger partial charge >= 0.3 is 0 Å². The molecule has 0 saturated heterocycles. The first kappa shape index (κ1) is 15.9. The lowest BCUT2D eigenvalue weighted by molar-refractivity contribution is 0.0952. The van der Waals surface area contributed by atoms with Crippen LogP contribution in [0.5, 0.6) is 0 Å². The first-order chi connectivity index (χ1) is 11.6. The Morgan fingerprint density at radius 1 is 1.33 bits per heavy atom. The highest BCUT2D eigenvalue weighted by molar-refractivity contribution is 5.93. The molecule has 2 N–H and O–H groups in total. The van der Waals surface area contributed by atoms with Gasteiger partial charge in [0.15, 0.2) is 0 Å². The van der Waals surface area contributed by atoms with Gasteiger partial charge in [-0.2, -0.15) is 0 Å². The van der Waals surface area contributed by atoms with E-state index in [1.807, 2.05) is 24.3 Å². The third-order valence-electron chi connectivity index (χ3n) is 3.85. The number of amides is 1. The molecule has 7 nitrogen and oxygen atoms in total. The van der Waals surface area contributed by atoms with Crippen molar-refractivity contribution in [2.45, 2.75) is 26.8 Å². The summed E-state index contributed by atoms with van der Waals surface area (Å²) in [4.78, 5) is 34.9. The molecule has 0 saturated carbocycles. The summed E-state index contributed by atoms with van der Waals surface area (Å²) < 4.78 is 2.13. The van der Waals surface area contributed by atoms with Crippen molar-refractivity contribution >= 4 is 16.9 Å². The molecule has 0 atom stereocenters. The Morgan fingerprint density at radius 3 is 2.88 bits per heavy atom. The largest absolute Gasteiger partial charge is 0.351 e. The lowest BCUT2D eigenvalue weighted by Crippen LogP contribution is -2.32. The second-order valence-corrected chi connectivity index (χ2v) is 5.48. The van der Waals surface area contributed by atoms with E-state index in [0.717, 1.165) is 23.4 Å². The number of H-pyrrole nitrogens is 1. The van der Waals surface area contributed by atoms with Gasteiger partial charge in [0, 0.05) is 25.7 Å². The maximum atomic E-state index is 12.1. The molecule has 3 rings (SSSR count). The molecule has 0 unspecified atom stereocenters. The van der Waals surface area contributed by atoms with Crippen molar-refractivity contribution in [1.82, 2.24) is 24.8 Å². The van der Waals surface area contributed by atoms with Gasteiger partial charge in [-0.3, -0.25) is 9.59 Å². The Balaban J connectivity index is 1.70. The Hall–Kier alpha value is -2.96. The summed E-state index contributed by atoms with van der Waals surface area (Å²) >= 11 is 0. The molecular formula is C17H19N5O2. The van der Waals surface area contributed by atoms with E-state index in [1.165, 1.54) is 6.20 Å². The molecule has 0 aliphatic heterocycles. The summed E-state index contributed by atoms with van der Waals surface area (Å²) in [5, 5.41) is 2.75. The zero-order valence-electron chi connectivity index (χ0n) is 13.7. The molecule has 0 spiro atoms. The van der Waals surface area contributed by atoms with Crippen LogP contribution in [0.25, 0.3) is 11.0 Å². The minimum atomic E-state index is -0.430. The Labute approximate surface area is 138 Å². The van der Waals surface area contributed by atoms with Gasteiger partial charge in [-0.1, -0.05) is 12.1 Å². The predicted molar refractivity (Wildman–Crippen MR) is 91.0 cm³/mol. The molecular weight excluding hydrogens is 306 g/mol. The molecule has 0 bridgehead atoms. The van der Waals surface area contributed by atoms with Crippen LogP contribution in [0.1, 0.15) is 28.9 Å². The summed E-state index contributed by atoms with van der Waals surface area (Å²) in [6, 6.07) is 7.95. The van der Waals surface area contributed by atoms with Crippen LogP contribution < -0.4 is 10.9 Å². The maximum Gasteiger partial charge on any atom is 0.263 e. The number of rotatable bonds is 5. The van der Waals surface area contributed by atoms with Crippen LogP contribution in [0.3, 0.4) is 0 Å². The Bertz CT molecular complexity index is 942. The highest BCUT2D eigenvalue weighted by atomic mass is 16.2. The van der Waals surface area contributed by atoms with Gasteiger partial charge in [0.2, 0.25) is 0 Å². The maximum absolute atomic E-state index is 12.1. The van der Waals surface area contributed by atoms with E-state index in [9.17, 15) is 9.59 Å². The summed E-state index contributed by atoms with van der Waals surface area (Å²) in [7, 11) is 0. The van der Waals surface area contributed by atoms with Gasteiger partial charge in [-0.05, 0) is 26.0 Å². The van der Waals surface area contributed by atoms with Gasteiger partial charge in [0.05, 0.1) is 11.0 Å². The van der Waals surface area contributed by atoms with Crippen molar-refractivity contribution in [3.8, 4) is 0 Å². The Morgan fingerprint density at radius 2 is 2.12 bits per heavy atom. The molecule has 1 amide bonds. The molecule has 2 aromatic heterocycles. The van der Waals surface area contributed by atoms with Crippen LogP contribution in [0.2, 0.25) is 0 Å². The van der Waals surface area contributed by atoms with E-state index in [1.54, 1.807) is 6.92 Å². The monoisotopic (exact) mass is 325 g/mol. The van der Waals surface area contributed by atoms with Crippen LogP contribution in [-0.2, 0) is 13.0 Å². The molecule has 1 aromatic carbocycles. The minimum absolute atomic E-state index is 0.0181. The number of para-hydroxylation sites is 2. The molecule has 0 aliphatic rings. The molecule has 0 aliphatic carbocycles. The number of benzene rings is 1.